The quantitative estimate of drug-likeness (QED) is 0.645. The number of hydrogen-bond acceptors (Lipinski definition) is 3. The van der Waals surface area contributed by atoms with E-state index in [9.17, 15) is 0 Å². The van der Waals surface area contributed by atoms with Crippen LogP contribution in [0.4, 0.5) is 0 Å². The Morgan fingerprint density at radius 2 is 1.68 bits per heavy atom. The third kappa shape index (κ3) is 4.31. The molecule has 0 aromatic heterocycles. The summed E-state index contributed by atoms with van der Waals surface area (Å²) >= 11 is 0. The Kier molecular flexibility index (Phi) is 6.88. The summed E-state index contributed by atoms with van der Waals surface area (Å²) in [5.74, 6) is 3.07. The van der Waals surface area contributed by atoms with E-state index in [1.807, 2.05) is 6.07 Å². The molecule has 2 rings (SSSR count). The minimum absolute atomic E-state index is 0.672. The van der Waals surface area contributed by atoms with Gasteiger partial charge in [-0.25, -0.2) is 0 Å². The Bertz CT molecular complexity index is 450. The molecule has 3 heteroatoms. The Hall–Kier alpha value is -1.38. The molecular weight excluding hydrogens is 276 g/mol. The lowest BCUT2D eigenvalue weighted by Gasteiger charge is -2.21. The maximum absolute atomic E-state index is 5.52. The Labute approximate surface area is 135 Å². The zero-order valence-corrected chi connectivity index (χ0v) is 14.2. The second-order valence-corrected chi connectivity index (χ2v) is 6.15. The number of methoxy groups -OCH3 is 3. The average Bonchev–Trinajstić information content (AvgIpc) is 2.58. The summed E-state index contributed by atoms with van der Waals surface area (Å²) in [5.41, 5.74) is 1.09. The average molecular weight is 305 g/mol. The summed E-state index contributed by atoms with van der Waals surface area (Å²) in [4.78, 5) is 0. The molecule has 0 N–H and O–H groups in total. The third-order valence-corrected chi connectivity index (χ3v) is 4.72. The molecule has 1 radical (unpaired) electrons. The lowest BCUT2D eigenvalue weighted by molar-refractivity contribution is 0.320. The van der Waals surface area contributed by atoms with E-state index in [-0.39, 0.29) is 0 Å². The lowest BCUT2D eigenvalue weighted by Crippen LogP contribution is -2.06. The molecule has 1 aliphatic carbocycles. The number of aryl methyl sites for hydroxylation is 1. The molecule has 0 unspecified atom stereocenters. The van der Waals surface area contributed by atoms with E-state index in [0.29, 0.717) is 11.5 Å². The fraction of sp³-hybridized carbons (Fsp3) is 0.684. The smallest absolute Gasteiger partial charge is 0.203 e. The molecule has 0 atom stereocenters. The molecule has 0 spiro atoms. The van der Waals surface area contributed by atoms with Crippen molar-refractivity contribution in [3.8, 4) is 17.2 Å². The first-order chi connectivity index (χ1) is 10.8. The van der Waals surface area contributed by atoms with Crippen LogP contribution in [0.1, 0.15) is 56.9 Å². The zero-order valence-electron chi connectivity index (χ0n) is 14.2. The molecule has 1 aromatic rings. The number of unbranched alkanes of at least 4 members (excludes halogenated alkanes) is 1. The highest BCUT2D eigenvalue weighted by atomic mass is 16.5. The van der Waals surface area contributed by atoms with Crippen molar-refractivity contribution in [2.75, 3.05) is 21.3 Å². The molecule has 0 saturated heterocycles. The monoisotopic (exact) mass is 305 g/mol. The predicted molar refractivity (Wildman–Crippen MR) is 89.1 cm³/mol. The van der Waals surface area contributed by atoms with Crippen LogP contribution in [0.25, 0.3) is 0 Å². The maximum atomic E-state index is 5.52. The van der Waals surface area contributed by atoms with Crippen molar-refractivity contribution >= 4 is 0 Å². The van der Waals surface area contributed by atoms with Crippen LogP contribution in [-0.2, 0) is 6.42 Å². The second kappa shape index (κ2) is 8.92. The number of hydrogen-bond donors (Lipinski definition) is 0. The molecule has 22 heavy (non-hydrogen) atoms. The SMILES string of the molecule is COc1c[c]c(CCCCC2CCCCC2)c(OC)c1OC. The van der Waals surface area contributed by atoms with Gasteiger partial charge in [-0.15, -0.1) is 0 Å². The molecule has 0 bridgehead atoms. The van der Waals surface area contributed by atoms with Gasteiger partial charge in [0.15, 0.2) is 11.5 Å². The molecule has 1 fully saturated rings. The van der Waals surface area contributed by atoms with Gasteiger partial charge in [0, 0.05) is 5.56 Å². The van der Waals surface area contributed by atoms with Crippen molar-refractivity contribution in [2.24, 2.45) is 5.92 Å². The normalized spacial score (nSPS) is 15.6. The van der Waals surface area contributed by atoms with Crippen LogP contribution in [0.15, 0.2) is 6.07 Å². The summed E-state index contributed by atoms with van der Waals surface area (Å²) in [7, 11) is 4.96. The van der Waals surface area contributed by atoms with Gasteiger partial charge in [0.25, 0.3) is 0 Å². The van der Waals surface area contributed by atoms with Gasteiger partial charge in [0.1, 0.15) is 0 Å². The highest BCUT2D eigenvalue weighted by Crippen LogP contribution is 2.40. The highest BCUT2D eigenvalue weighted by Gasteiger charge is 2.16. The molecule has 0 heterocycles. The van der Waals surface area contributed by atoms with Gasteiger partial charge in [-0.05, 0) is 30.9 Å². The van der Waals surface area contributed by atoms with Gasteiger partial charge in [0.05, 0.1) is 21.3 Å². The van der Waals surface area contributed by atoms with E-state index >= 15 is 0 Å². The van der Waals surface area contributed by atoms with E-state index in [2.05, 4.69) is 6.07 Å². The fourth-order valence-corrected chi connectivity index (χ4v) is 3.49. The highest BCUT2D eigenvalue weighted by molar-refractivity contribution is 5.55. The standard InChI is InChI=1S/C19H29O3/c1-20-17-14-13-16(18(21-2)19(17)22-3)12-8-7-11-15-9-5-4-6-10-15/h14-15H,4-12H2,1-3H3. The number of ether oxygens (including phenoxy) is 3. The summed E-state index contributed by atoms with van der Waals surface area (Å²) in [6.45, 7) is 0. The van der Waals surface area contributed by atoms with E-state index in [4.69, 9.17) is 14.2 Å². The summed E-state index contributed by atoms with van der Waals surface area (Å²) in [6, 6.07) is 5.14. The molecular formula is C19H29O3. The zero-order chi connectivity index (χ0) is 15.8. The Balaban J connectivity index is 1.89. The molecule has 1 saturated carbocycles. The molecule has 1 aromatic carbocycles. The van der Waals surface area contributed by atoms with Crippen LogP contribution < -0.4 is 14.2 Å². The minimum Gasteiger partial charge on any atom is -0.493 e. The van der Waals surface area contributed by atoms with Crippen LogP contribution >= 0.6 is 0 Å². The Morgan fingerprint density at radius 1 is 0.955 bits per heavy atom. The van der Waals surface area contributed by atoms with Gasteiger partial charge in [0.2, 0.25) is 5.75 Å². The number of benzene rings is 1. The first-order valence-corrected chi connectivity index (χ1v) is 8.49. The van der Waals surface area contributed by atoms with Gasteiger partial charge in [-0.2, -0.15) is 0 Å². The van der Waals surface area contributed by atoms with E-state index in [0.717, 1.165) is 23.7 Å². The van der Waals surface area contributed by atoms with Crippen molar-refractivity contribution < 1.29 is 14.2 Å². The minimum atomic E-state index is 0.672. The topological polar surface area (TPSA) is 27.7 Å². The molecule has 0 amide bonds. The van der Waals surface area contributed by atoms with Crippen LogP contribution in [-0.4, -0.2) is 21.3 Å². The third-order valence-electron chi connectivity index (χ3n) is 4.72. The second-order valence-electron chi connectivity index (χ2n) is 6.15. The van der Waals surface area contributed by atoms with Gasteiger partial charge in [-0.3, -0.25) is 0 Å². The summed E-state index contributed by atoms with van der Waals surface area (Å²) in [6.07, 6.45) is 12.0. The van der Waals surface area contributed by atoms with E-state index in [1.54, 1.807) is 21.3 Å². The molecule has 1 aliphatic rings. The number of rotatable bonds is 8. The van der Waals surface area contributed by atoms with Crippen LogP contribution in [0.2, 0.25) is 0 Å². The van der Waals surface area contributed by atoms with Crippen molar-refractivity contribution in [3.05, 3.63) is 17.7 Å². The van der Waals surface area contributed by atoms with Crippen molar-refractivity contribution in [1.29, 1.82) is 0 Å². The molecule has 3 nitrogen and oxygen atoms in total. The van der Waals surface area contributed by atoms with Gasteiger partial charge in [-0.1, -0.05) is 44.9 Å². The summed E-state index contributed by atoms with van der Waals surface area (Å²) in [5, 5.41) is 0. The fourth-order valence-electron chi connectivity index (χ4n) is 3.49. The van der Waals surface area contributed by atoms with Crippen LogP contribution in [0.3, 0.4) is 0 Å². The largest absolute Gasteiger partial charge is 0.493 e. The molecule has 0 aliphatic heterocycles. The van der Waals surface area contributed by atoms with Crippen molar-refractivity contribution in [2.45, 2.75) is 57.8 Å². The predicted octanol–water partition coefficient (Wildman–Crippen LogP) is 4.81. The van der Waals surface area contributed by atoms with Crippen LogP contribution in [0.5, 0.6) is 17.2 Å². The van der Waals surface area contributed by atoms with Gasteiger partial charge < -0.3 is 14.2 Å². The first kappa shape index (κ1) is 17.0. The van der Waals surface area contributed by atoms with Crippen LogP contribution in [0, 0.1) is 12.0 Å². The van der Waals surface area contributed by atoms with E-state index in [1.165, 1.54) is 51.4 Å². The Morgan fingerprint density at radius 3 is 2.32 bits per heavy atom. The lowest BCUT2D eigenvalue weighted by atomic mass is 9.85. The maximum Gasteiger partial charge on any atom is 0.203 e. The van der Waals surface area contributed by atoms with Crippen molar-refractivity contribution in [1.82, 2.24) is 0 Å². The first-order valence-electron chi connectivity index (χ1n) is 8.49. The van der Waals surface area contributed by atoms with E-state index < -0.39 is 0 Å². The van der Waals surface area contributed by atoms with Gasteiger partial charge >= 0.3 is 0 Å². The summed E-state index contributed by atoms with van der Waals surface area (Å²) < 4.78 is 16.3. The van der Waals surface area contributed by atoms with Crippen molar-refractivity contribution in [3.63, 3.8) is 0 Å². The molecule has 123 valence electrons.